The van der Waals surface area contributed by atoms with Crippen LogP contribution in [0, 0.1) is 11.8 Å². The fraction of sp³-hybridized carbons (Fsp3) is 0.923. The van der Waals surface area contributed by atoms with Gasteiger partial charge in [0.15, 0.2) is 0 Å². The lowest BCUT2D eigenvalue weighted by Crippen LogP contribution is -2.30. The minimum atomic E-state index is 0.198. The smallest absolute Gasteiger partial charge is 0.220 e. The molecule has 0 aromatic heterocycles. The van der Waals surface area contributed by atoms with Crippen LogP contribution in [0.1, 0.15) is 51.9 Å². The number of amides is 1. The summed E-state index contributed by atoms with van der Waals surface area (Å²) in [5.74, 6) is 2.46. The van der Waals surface area contributed by atoms with E-state index in [4.69, 9.17) is 11.6 Å². The van der Waals surface area contributed by atoms with Crippen molar-refractivity contribution < 1.29 is 4.79 Å². The summed E-state index contributed by atoms with van der Waals surface area (Å²) >= 11 is 5.57. The Hall–Kier alpha value is -0.240. The van der Waals surface area contributed by atoms with Crippen molar-refractivity contribution in [1.82, 2.24) is 5.32 Å². The molecule has 0 spiro atoms. The van der Waals surface area contributed by atoms with Crippen molar-refractivity contribution >= 4 is 17.5 Å². The molecule has 2 nitrogen and oxygen atoms in total. The van der Waals surface area contributed by atoms with Crippen LogP contribution in [0.5, 0.6) is 0 Å². The fourth-order valence-corrected chi connectivity index (χ4v) is 2.45. The van der Waals surface area contributed by atoms with Crippen molar-refractivity contribution in [2.75, 3.05) is 12.4 Å². The van der Waals surface area contributed by atoms with Gasteiger partial charge in [-0.15, -0.1) is 11.6 Å². The molecule has 1 amide bonds. The monoisotopic (exact) mass is 245 g/mol. The van der Waals surface area contributed by atoms with Crippen LogP contribution in [0.2, 0.25) is 0 Å². The van der Waals surface area contributed by atoms with E-state index in [0.29, 0.717) is 18.2 Å². The van der Waals surface area contributed by atoms with Gasteiger partial charge in [0.1, 0.15) is 0 Å². The minimum absolute atomic E-state index is 0.198. The van der Waals surface area contributed by atoms with Gasteiger partial charge in [0.05, 0.1) is 0 Å². The largest absolute Gasteiger partial charge is 0.356 e. The summed E-state index contributed by atoms with van der Waals surface area (Å²) in [5.41, 5.74) is 0. The zero-order chi connectivity index (χ0) is 11.8. The lowest BCUT2D eigenvalue weighted by Gasteiger charge is -2.26. The van der Waals surface area contributed by atoms with Gasteiger partial charge in [0.25, 0.3) is 0 Å². The van der Waals surface area contributed by atoms with E-state index in [-0.39, 0.29) is 5.91 Å². The molecule has 1 rings (SSSR count). The number of rotatable bonds is 6. The molecule has 0 unspecified atom stereocenters. The third-order valence-electron chi connectivity index (χ3n) is 3.51. The number of hydrogen-bond acceptors (Lipinski definition) is 1. The molecule has 1 aliphatic carbocycles. The van der Waals surface area contributed by atoms with Gasteiger partial charge in [0, 0.05) is 18.8 Å². The molecular formula is C13H24ClNO. The van der Waals surface area contributed by atoms with Crippen LogP contribution in [-0.2, 0) is 4.79 Å². The molecule has 1 N–H and O–H groups in total. The Labute approximate surface area is 104 Å². The minimum Gasteiger partial charge on any atom is -0.356 e. The predicted octanol–water partition coefficient (Wildman–Crippen LogP) is 3.34. The molecule has 3 heteroatoms. The summed E-state index contributed by atoms with van der Waals surface area (Å²) in [6.45, 7) is 3.20. The van der Waals surface area contributed by atoms with Crippen LogP contribution >= 0.6 is 11.6 Å². The SMILES string of the molecule is CC1CCC(CNC(=O)CCCCCl)CC1. The Bertz CT molecular complexity index is 200. The summed E-state index contributed by atoms with van der Waals surface area (Å²) < 4.78 is 0. The second-order valence-corrected chi connectivity index (χ2v) is 5.45. The summed E-state index contributed by atoms with van der Waals surface area (Å²) in [4.78, 5) is 11.5. The molecule has 0 saturated heterocycles. The number of carbonyl (C=O) groups is 1. The van der Waals surface area contributed by atoms with E-state index >= 15 is 0 Å². The Morgan fingerprint density at radius 1 is 1.25 bits per heavy atom. The second-order valence-electron chi connectivity index (χ2n) is 5.08. The van der Waals surface area contributed by atoms with Crippen molar-refractivity contribution in [1.29, 1.82) is 0 Å². The van der Waals surface area contributed by atoms with Gasteiger partial charge in [-0.05, 0) is 37.5 Å². The summed E-state index contributed by atoms with van der Waals surface area (Å²) in [5, 5.41) is 3.04. The van der Waals surface area contributed by atoms with Gasteiger partial charge >= 0.3 is 0 Å². The molecule has 1 aliphatic rings. The molecule has 1 fully saturated rings. The first-order chi connectivity index (χ1) is 7.72. The van der Waals surface area contributed by atoms with E-state index in [1.54, 1.807) is 0 Å². The number of unbranched alkanes of at least 4 members (excludes halogenated alkanes) is 1. The van der Waals surface area contributed by atoms with Crippen molar-refractivity contribution in [3.63, 3.8) is 0 Å². The van der Waals surface area contributed by atoms with Crippen molar-refractivity contribution in [2.45, 2.75) is 51.9 Å². The highest BCUT2D eigenvalue weighted by atomic mass is 35.5. The van der Waals surface area contributed by atoms with Crippen LogP contribution in [-0.4, -0.2) is 18.3 Å². The average molecular weight is 246 g/mol. The van der Waals surface area contributed by atoms with E-state index in [9.17, 15) is 4.79 Å². The molecule has 94 valence electrons. The molecule has 0 radical (unpaired) electrons. The molecule has 0 aliphatic heterocycles. The van der Waals surface area contributed by atoms with Gasteiger partial charge in [-0.2, -0.15) is 0 Å². The zero-order valence-corrected chi connectivity index (χ0v) is 11.1. The number of carbonyl (C=O) groups excluding carboxylic acids is 1. The number of alkyl halides is 1. The Morgan fingerprint density at radius 3 is 2.56 bits per heavy atom. The molecule has 0 aromatic rings. The average Bonchev–Trinajstić information content (AvgIpc) is 2.29. The maximum absolute atomic E-state index is 11.5. The molecule has 0 atom stereocenters. The molecule has 0 bridgehead atoms. The number of nitrogens with one attached hydrogen (secondary N) is 1. The number of halogens is 1. The van der Waals surface area contributed by atoms with Gasteiger partial charge in [-0.3, -0.25) is 4.79 Å². The molecule has 16 heavy (non-hydrogen) atoms. The van der Waals surface area contributed by atoms with Crippen molar-refractivity contribution in [3.05, 3.63) is 0 Å². The van der Waals surface area contributed by atoms with E-state index < -0.39 is 0 Å². The Balaban J connectivity index is 2.03. The van der Waals surface area contributed by atoms with Crippen LogP contribution in [0.4, 0.5) is 0 Å². The van der Waals surface area contributed by atoms with Crippen molar-refractivity contribution in [3.8, 4) is 0 Å². The summed E-state index contributed by atoms with van der Waals surface area (Å²) in [7, 11) is 0. The third kappa shape index (κ3) is 5.74. The Morgan fingerprint density at radius 2 is 1.94 bits per heavy atom. The molecule has 0 heterocycles. The van der Waals surface area contributed by atoms with Gasteiger partial charge < -0.3 is 5.32 Å². The zero-order valence-electron chi connectivity index (χ0n) is 10.3. The lowest BCUT2D eigenvalue weighted by atomic mass is 9.83. The quantitative estimate of drug-likeness (QED) is 0.565. The summed E-state index contributed by atoms with van der Waals surface area (Å²) in [6.07, 6.45) is 7.70. The highest BCUT2D eigenvalue weighted by Crippen LogP contribution is 2.27. The van der Waals surface area contributed by atoms with E-state index in [2.05, 4.69) is 12.2 Å². The highest BCUT2D eigenvalue weighted by Gasteiger charge is 2.18. The van der Waals surface area contributed by atoms with Gasteiger partial charge in [0.2, 0.25) is 5.91 Å². The molecule has 1 saturated carbocycles. The normalized spacial score (nSPS) is 25.4. The number of hydrogen-bond donors (Lipinski definition) is 1. The predicted molar refractivity (Wildman–Crippen MR) is 68.7 cm³/mol. The van der Waals surface area contributed by atoms with Crippen LogP contribution in [0.3, 0.4) is 0 Å². The first kappa shape index (κ1) is 13.8. The van der Waals surface area contributed by atoms with Gasteiger partial charge in [-0.1, -0.05) is 19.8 Å². The first-order valence-corrected chi connectivity index (χ1v) is 7.08. The van der Waals surface area contributed by atoms with Crippen molar-refractivity contribution in [2.24, 2.45) is 11.8 Å². The van der Waals surface area contributed by atoms with E-state index in [1.807, 2.05) is 0 Å². The Kier molecular flexibility index (Phi) is 6.86. The van der Waals surface area contributed by atoms with E-state index in [1.165, 1.54) is 25.7 Å². The lowest BCUT2D eigenvalue weighted by molar-refractivity contribution is -0.121. The summed E-state index contributed by atoms with van der Waals surface area (Å²) in [6, 6.07) is 0. The maximum atomic E-state index is 11.5. The first-order valence-electron chi connectivity index (χ1n) is 6.55. The van der Waals surface area contributed by atoms with E-state index in [0.717, 1.165) is 25.3 Å². The van der Waals surface area contributed by atoms with Crippen LogP contribution in [0.15, 0.2) is 0 Å². The highest BCUT2D eigenvalue weighted by molar-refractivity contribution is 6.17. The molecule has 0 aromatic carbocycles. The third-order valence-corrected chi connectivity index (χ3v) is 3.78. The fourth-order valence-electron chi connectivity index (χ4n) is 2.26. The standard InChI is InChI=1S/C13H24ClNO/c1-11-5-7-12(8-6-11)10-15-13(16)4-2-3-9-14/h11-12H,2-10H2,1H3,(H,15,16). The van der Waals surface area contributed by atoms with Gasteiger partial charge in [-0.25, -0.2) is 0 Å². The van der Waals surface area contributed by atoms with Crippen LogP contribution in [0.25, 0.3) is 0 Å². The second kappa shape index (κ2) is 7.94. The topological polar surface area (TPSA) is 29.1 Å². The maximum Gasteiger partial charge on any atom is 0.220 e. The van der Waals surface area contributed by atoms with Crippen LogP contribution < -0.4 is 5.32 Å². The molecular weight excluding hydrogens is 222 g/mol.